The lowest BCUT2D eigenvalue weighted by Gasteiger charge is -2.15. The molecule has 0 aliphatic heterocycles. The van der Waals surface area contributed by atoms with Crippen LogP contribution in [0.1, 0.15) is 0 Å². The van der Waals surface area contributed by atoms with Gasteiger partial charge in [0.1, 0.15) is 0 Å². The van der Waals surface area contributed by atoms with E-state index in [9.17, 15) is 0 Å². The van der Waals surface area contributed by atoms with Crippen LogP contribution in [0.3, 0.4) is 0 Å². The number of hydrogen-bond donors (Lipinski definition) is 0. The monoisotopic (exact) mass is 661 g/mol. The fourth-order valence-electron chi connectivity index (χ4n) is 7.64. The van der Waals surface area contributed by atoms with E-state index in [1.54, 1.807) is 0 Å². The maximum Gasteiger partial charge on any atom is 0.164 e. The lowest BCUT2D eigenvalue weighted by molar-refractivity contribution is 1.07. The van der Waals surface area contributed by atoms with E-state index in [0.717, 1.165) is 33.4 Å². The van der Waals surface area contributed by atoms with Gasteiger partial charge in [0.25, 0.3) is 0 Å². The average Bonchev–Trinajstić information content (AvgIpc) is 3.23. The number of benzene rings is 9. The maximum absolute atomic E-state index is 5.19. The van der Waals surface area contributed by atoms with Gasteiger partial charge in [-0.2, -0.15) is 0 Å². The average molecular weight is 662 g/mol. The van der Waals surface area contributed by atoms with E-state index in [0.29, 0.717) is 17.5 Å². The molecule has 1 aromatic heterocycles. The van der Waals surface area contributed by atoms with Gasteiger partial charge in [0.15, 0.2) is 17.5 Å². The molecule has 9 aromatic carbocycles. The van der Waals surface area contributed by atoms with Gasteiger partial charge >= 0.3 is 0 Å². The van der Waals surface area contributed by atoms with Crippen LogP contribution in [0.5, 0.6) is 0 Å². The summed E-state index contributed by atoms with van der Waals surface area (Å²) in [4.78, 5) is 15.4. The Balaban J connectivity index is 1.16. The van der Waals surface area contributed by atoms with E-state index in [1.165, 1.54) is 48.7 Å². The van der Waals surface area contributed by atoms with E-state index in [1.807, 2.05) is 18.2 Å². The molecule has 10 aromatic rings. The first-order chi connectivity index (χ1) is 25.8. The fourth-order valence-corrected chi connectivity index (χ4v) is 7.64. The Kier molecular flexibility index (Phi) is 7.14. The molecule has 0 atom stereocenters. The highest BCUT2D eigenvalue weighted by molar-refractivity contribution is 6.22. The highest BCUT2D eigenvalue weighted by Crippen LogP contribution is 2.41. The zero-order chi connectivity index (χ0) is 34.4. The second kappa shape index (κ2) is 12.4. The van der Waals surface area contributed by atoms with Crippen molar-refractivity contribution in [3.63, 3.8) is 0 Å². The quantitative estimate of drug-likeness (QED) is 0.136. The summed E-state index contributed by atoms with van der Waals surface area (Å²) in [6.07, 6.45) is 0. The minimum absolute atomic E-state index is 0.636. The summed E-state index contributed by atoms with van der Waals surface area (Å²) in [6.45, 7) is 0. The number of fused-ring (bicyclic) bond motifs is 5. The van der Waals surface area contributed by atoms with Crippen LogP contribution in [0.2, 0.25) is 0 Å². The van der Waals surface area contributed by atoms with Gasteiger partial charge in [-0.3, -0.25) is 0 Å². The zero-order valence-electron chi connectivity index (χ0n) is 28.2. The van der Waals surface area contributed by atoms with Gasteiger partial charge in [-0.05, 0) is 71.4 Å². The van der Waals surface area contributed by atoms with E-state index >= 15 is 0 Å². The summed E-state index contributed by atoms with van der Waals surface area (Å²) in [5.74, 6) is 1.92. The first-order valence-electron chi connectivity index (χ1n) is 17.6. The third kappa shape index (κ3) is 5.10. The number of nitrogens with zero attached hydrogens (tertiary/aromatic N) is 3. The van der Waals surface area contributed by atoms with Crippen LogP contribution in [-0.4, -0.2) is 15.0 Å². The lowest BCUT2D eigenvalue weighted by atomic mass is 9.89. The minimum atomic E-state index is 0.636. The molecule has 0 saturated carbocycles. The van der Waals surface area contributed by atoms with Crippen LogP contribution in [-0.2, 0) is 0 Å². The molecule has 0 N–H and O–H groups in total. The van der Waals surface area contributed by atoms with E-state index in [-0.39, 0.29) is 0 Å². The molecule has 0 bridgehead atoms. The Labute approximate surface area is 301 Å². The molecule has 0 saturated heterocycles. The molecule has 3 nitrogen and oxygen atoms in total. The Morgan fingerprint density at radius 3 is 1.54 bits per heavy atom. The molecule has 0 fully saturated rings. The third-order valence-electron chi connectivity index (χ3n) is 10.1. The van der Waals surface area contributed by atoms with Crippen molar-refractivity contribution in [2.24, 2.45) is 0 Å². The SMILES string of the molecule is c1ccc(-c2nc(-c3ccc(-c4c5ccccc5cc5ccc6ccccc6c45)cc3)nc(-c3ccccc3-c3cccc4ccccc34)n2)cc1. The van der Waals surface area contributed by atoms with Crippen LogP contribution in [0.4, 0.5) is 0 Å². The second-order valence-electron chi connectivity index (χ2n) is 13.2. The smallest absolute Gasteiger partial charge is 0.164 e. The summed E-state index contributed by atoms with van der Waals surface area (Å²) in [5, 5.41) is 9.84. The van der Waals surface area contributed by atoms with Crippen molar-refractivity contribution < 1.29 is 0 Å². The van der Waals surface area contributed by atoms with Crippen LogP contribution in [0.15, 0.2) is 188 Å². The highest BCUT2D eigenvalue weighted by atomic mass is 15.0. The summed E-state index contributed by atoms with van der Waals surface area (Å²) in [5.41, 5.74) is 7.47. The molecule has 0 spiro atoms. The predicted molar refractivity (Wildman–Crippen MR) is 217 cm³/mol. The largest absolute Gasteiger partial charge is 0.208 e. The predicted octanol–water partition coefficient (Wildman–Crippen LogP) is 12.8. The van der Waals surface area contributed by atoms with Crippen LogP contribution >= 0.6 is 0 Å². The normalized spacial score (nSPS) is 11.5. The Morgan fingerprint density at radius 1 is 0.269 bits per heavy atom. The molecule has 0 radical (unpaired) electrons. The summed E-state index contributed by atoms with van der Waals surface area (Å²) in [7, 11) is 0. The molecule has 0 unspecified atom stereocenters. The van der Waals surface area contributed by atoms with Crippen LogP contribution in [0.25, 0.3) is 99.5 Å². The molecular formula is C49H31N3. The van der Waals surface area contributed by atoms with Gasteiger partial charge in [0.05, 0.1) is 0 Å². The van der Waals surface area contributed by atoms with Crippen molar-refractivity contribution in [1.82, 2.24) is 15.0 Å². The fraction of sp³-hybridized carbons (Fsp3) is 0. The molecule has 1 heterocycles. The second-order valence-corrected chi connectivity index (χ2v) is 13.2. The van der Waals surface area contributed by atoms with Crippen molar-refractivity contribution in [2.75, 3.05) is 0 Å². The van der Waals surface area contributed by atoms with Crippen molar-refractivity contribution in [3.8, 4) is 56.4 Å². The zero-order valence-corrected chi connectivity index (χ0v) is 28.2. The van der Waals surface area contributed by atoms with Gasteiger partial charge in [0, 0.05) is 16.7 Å². The van der Waals surface area contributed by atoms with Crippen LogP contribution < -0.4 is 0 Å². The lowest BCUT2D eigenvalue weighted by Crippen LogP contribution is -2.01. The molecule has 3 heteroatoms. The van der Waals surface area contributed by atoms with Crippen molar-refractivity contribution in [3.05, 3.63) is 188 Å². The van der Waals surface area contributed by atoms with Gasteiger partial charge in [0.2, 0.25) is 0 Å². The van der Waals surface area contributed by atoms with E-state index in [4.69, 9.17) is 15.0 Å². The molecule has 0 aliphatic rings. The van der Waals surface area contributed by atoms with Crippen molar-refractivity contribution in [2.45, 2.75) is 0 Å². The number of rotatable bonds is 5. The van der Waals surface area contributed by atoms with E-state index < -0.39 is 0 Å². The first kappa shape index (κ1) is 29.9. The third-order valence-corrected chi connectivity index (χ3v) is 10.1. The first-order valence-corrected chi connectivity index (χ1v) is 17.6. The van der Waals surface area contributed by atoms with Gasteiger partial charge in [-0.15, -0.1) is 0 Å². The molecular weight excluding hydrogens is 631 g/mol. The Hall–Kier alpha value is -6.97. The summed E-state index contributed by atoms with van der Waals surface area (Å²) >= 11 is 0. The van der Waals surface area contributed by atoms with Gasteiger partial charge < -0.3 is 0 Å². The minimum Gasteiger partial charge on any atom is -0.208 e. The van der Waals surface area contributed by atoms with E-state index in [2.05, 4.69) is 170 Å². The Morgan fingerprint density at radius 2 is 0.769 bits per heavy atom. The number of hydrogen-bond acceptors (Lipinski definition) is 3. The number of aromatic nitrogens is 3. The van der Waals surface area contributed by atoms with Gasteiger partial charge in [-0.1, -0.05) is 182 Å². The molecule has 10 rings (SSSR count). The highest BCUT2D eigenvalue weighted by Gasteiger charge is 2.18. The van der Waals surface area contributed by atoms with Gasteiger partial charge in [-0.25, -0.2) is 15.0 Å². The maximum atomic E-state index is 5.19. The summed E-state index contributed by atoms with van der Waals surface area (Å²) < 4.78 is 0. The summed E-state index contributed by atoms with van der Waals surface area (Å²) in [6, 6.07) is 66.4. The standard InChI is InChI=1S/C49H31N3/c1-2-15-35(16-3-1)47-50-48(52-49(51-47)44-23-11-10-22-43(44)42-24-12-18-32-13-4-7-19-39(32)42)36-28-26-34(27-29-36)45-41-21-9-6-17-37(41)31-38-30-25-33-14-5-8-20-40(33)46(38)45/h1-31H. The van der Waals surface area contributed by atoms with Crippen molar-refractivity contribution >= 4 is 43.1 Å². The molecule has 0 amide bonds. The topological polar surface area (TPSA) is 38.7 Å². The molecule has 242 valence electrons. The van der Waals surface area contributed by atoms with Crippen molar-refractivity contribution in [1.29, 1.82) is 0 Å². The molecule has 0 aliphatic carbocycles. The Bertz CT molecular complexity index is 2940. The van der Waals surface area contributed by atoms with Crippen LogP contribution in [0, 0.1) is 0 Å². The molecule has 52 heavy (non-hydrogen) atoms.